The van der Waals surface area contributed by atoms with E-state index in [9.17, 15) is 0 Å². The lowest BCUT2D eigenvalue weighted by atomic mass is 10.2. The average Bonchev–Trinajstić information content (AvgIpc) is 2.16. The van der Waals surface area contributed by atoms with Crippen LogP contribution in [0.2, 0.25) is 0 Å². The lowest BCUT2D eigenvalue weighted by molar-refractivity contribution is 0.267. The molecule has 70 valence electrons. The van der Waals surface area contributed by atoms with Gasteiger partial charge in [-0.2, -0.15) is 5.26 Å². The summed E-state index contributed by atoms with van der Waals surface area (Å²) in [6.07, 6.45) is 4.82. The quantitative estimate of drug-likeness (QED) is 0.660. The molecule has 0 fully saturated rings. The van der Waals surface area contributed by atoms with Gasteiger partial charge in [-0.15, -0.1) is 6.42 Å². The maximum absolute atomic E-state index is 8.70. The van der Waals surface area contributed by atoms with Gasteiger partial charge in [0, 0.05) is 11.8 Å². The van der Waals surface area contributed by atoms with Crippen LogP contribution < -0.4 is 4.74 Å². The highest BCUT2D eigenvalue weighted by Gasteiger charge is 2.03. The van der Waals surface area contributed by atoms with Crippen LogP contribution in [0.4, 0.5) is 0 Å². The zero-order valence-electron chi connectivity index (χ0n) is 8.11. The van der Waals surface area contributed by atoms with Crippen molar-refractivity contribution in [2.75, 3.05) is 0 Å². The fraction of sp³-hybridized carbons (Fsp3) is 0.273. The maximum atomic E-state index is 8.70. The van der Waals surface area contributed by atoms with Crippen LogP contribution in [-0.2, 0) is 0 Å². The number of hydrogen-bond acceptors (Lipinski definition) is 3. The van der Waals surface area contributed by atoms with Crippen molar-refractivity contribution in [2.45, 2.75) is 20.0 Å². The van der Waals surface area contributed by atoms with Crippen LogP contribution in [0.3, 0.4) is 0 Å². The first-order valence-electron chi connectivity index (χ1n) is 4.17. The molecule has 0 saturated carbocycles. The van der Waals surface area contributed by atoms with E-state index in [-0.39, 0.29) is 6.10 Å². The van der Waals surface area contributed by atoms with Gasteiger partial charge in [-0.1, -0.05) is 5.92 Å². The number of pyridine rings is 1. The summed E-state index contributed by atoms with van der Waals surface area (Å²) in [6.45, 7) is 3.55. The molecule has 0 saturated heterocycles. The molecule has 14 heavy (non-hydrogen) atoms. The van der Waals surface area contributed by atoms with Crippen molar-refractivity contribution in [3.8, 4) is 24.3 Å². The van der Waals surface area contributed by atoms with E-state index in [1.807, 2.05) is 6.07 Å². The summed E-state index contributed by atoms with van der Waals surface area (Å²) in [4.78, 5) is 4.10. The zero-order chi connectivity index (χ0) is 10.6. The molecule has 0 bridgehead atoms. The molecule has 0 amide bonds. The summed E-state index contributed by atoms with van der Waals surface area (Å²) in [5, 5.41) is 8.70. The average molecular weight is 186 g/mol. The molecular formula is C11H10N2O. The van der Waals surface area contributed by atoms with E-state index in [1.165, 1.54) is 0 Å². The number of aryl methyl sites for hydroxylation is 1. The molecule has 0 spiro atoms. The largest absolute Gasteiger partial charge is 0.461 e. The van der Waals surface area contributed by atoms with Crippen LogP contribution in [0, 0.1) is 30.6 Å². The van der Waals surface area contributed by atoms with Gasteiger partial charge in [0.1, 0.15) is 0 Å². The number of nitriles is 1. The second kappa shape index (κ2) is 4.30. The third-order valence-electron chi connectivity index (χ3n) is 1.59. The second-order valence-corrected chi connectivity index (χ2v) is 2.87. The van der Waals surface area contributed by atoms with Crippen molar-refractivity contribution in [1.82, 2.24) is 4.98 Å². The molecule has 0 aromatic carbocycles. The number of hydrogen-bond donors (Lipinski definition) is 0. The smallest absolute Gasteiger partial charge is 0.216 e. The Kier molecular flexibility index (Phi) is 3.09. The molecule has 1 unspecified atom stereocenters. The highest BCUT2D eigenvalue weighted by molar-refractivity contribution is 5.34. The first-order valence-corrected chi connectivity index (χ1v) is 4.17. The van der Waals surface area contributed by atoms with Gasteiger partial charge >= 0.3 is 0 Å². The van der Waals surface area contributed by atoms with Crippen LogP contribution in [0.15, 0.2) is 12.1 Å². The van der Waals surface area contributed by atoms with Crippen LogP contribution in [-0.4, -0.2) is 11.1 Å². The molecule has 0 aliphatic heterocycles. The Morgan fingerprint density at radius 1 is 1.57 bits per heavy atom. The van der Waals surface area contributed by atoms with Crippen molar-refractivity contribution in [1.29, 1.82) is 5.26 Å². The maximum Gasteiger partial charge on any atom is 0.216 e. The lowest BCUT2D eigenvalue weighted by Gasteiger charge is -2.08. The van der Waals surface area contributed by atoms with Gasteiger partial charge in [0.05, 0.1) is 11.6 Å². The zero-order valence-corrected chi connectivity index (χ0v) is 8.11. The molecule has 0 N–H and O–H groups in total. The summed E-state index contributed by atoms with van der Waals surface area (Å²) in [5.41, 5.74) is 1.26. The van der Waals surface area contributed by atoms with Crippen molar-refractivity contribution in [3.63, 3.8) is 0 Å². The van der Waals surface area contributed by atoms with Gasteiger partial charge in [0.25, 0.3) is 0 Å². The molecule has 0 radical (unpaired) electrons. The molecule has 1 heterocycles. The fourth-order valence-corrected chi connectivity index (χ4v) is 0.978. The summed E-state index contributed by atoms with van der Waals surface area (Å²) >= 11 is 0. The predicted octanol–water partition coefficient (Wildman–Crippen LogP) is 1.66. The highest BCUT2D eigenvalue weighted by atomic mass is 16.5. The monoisotopic (exact) mass is 186 g/mol. The molecule has 3 nitrogen and oxygen atoms in total. The lowest BCUT2D eigenvalue weighted by Crippen LogP contribution is -2.09. The minimum atomic E-state index is -0.337. The molecule has 0 aliphatic rings. The van der Waals surface area contributed by atoms with Crippen molar-refractivity contribution < 1.29 is 4.74 Å². The molecule has 1 rings (SSSR count). The Morgan fingerprint density at radius 3 is 2.86 bits per heavy atom. The van der Waals surface area contributed by atoms with E-state index in [4.69, 9.17) is 16.4 Å². The minimum absolute atomic E-state index is 0.337. The van der Waals surface area contributed by atoms with E-state index in [0.717, 1.165) is 5.69 Å². The summed E-state index contributed by atoms with van der Waals surface area (Å²) in [5.74, 6) is 2.82. The first-order chi connectivity index (χ1) is 6.65. The molecule has 1 aromatic heterocycles. The fourth-order valence-electron chi connectivity index (χ4n) is 0.978. The Labute approximate surface area is 83.3 Å². The third-order valence-corrected chi connectivity index (χ3v) is 1.59. The van der Waals surface area contributed by atoms with E-state index in [0.29, 0.717) is 11.4 Å². The first kappa shape index (κ1) is 10.1. The standard InChI is InChI=1S/C11H10N2O/c1-4-9(3)14-11-6-10(7-12)5-8(2)13-11/h1,5-6,9H,2-3H3. The highest BCUT2D eigenvalue weighted by Crippen LogP contribution is 2.12. The number of aromatic nitrogens is 1. The molecule has 1 aromatic rings. The number of rotatable bonds is 2. The van der Waals surface area contributed by atoms with E-state index >= 15 is 0 Å². The number of nitrogens with zero attached hydrogens (tertiary/aromatic N) is 2. The SMILES string of the molecule is C#CC(C)Oc1cc(C#N)cc(C)n1. The summed E-state index contributed by atoms with van der Waals surface area (Å²) in [6, 6.07) is 5.29. The normalized spacial score (nSPS) is 11.1. The van der Waals surface area contributed by atoms with Gasteiger partial charge in [0.15, 0.2) is 6.10 Å². The number of terminal acetylenes is 1. The Bertz CT molecular complexity index is 412. The van der Waals surface area contributed by atoms with Crippen LogP contribution in [0.5, 0.6) is 5.88 Å². The van der Waals surface area contributed by atoms with Gasteiger partial charge in [-0.05, 0) is 19.9 Å². The van der Waals surface area contributed by atoms with E-state index in [2.05, 4.69) is 10.9 Å². The summed E-state index contributed by atoms with van der Waals surface area (Å²) < 4.78 is 5.29. The molecule has 1 atom stereocenters. The molecular weight excluding hydrogens is 176 g/mol. The Balaban J connectivity index is 2.95. The third kappa shape index (κ3) is 2.50. The summed E-state index contributed by atoms with van der Waals surface area (Å²) in [7, 11) is 0. The van der Waals surface area contributed by atoms with Crippen LogP contribution in [0.1, 0.15) is 18.2 Å². The van der Waals surface area contributed by atoms with Crippen LogP contribution >= 0.6 is 0 Å². The van der Waals surface area contributed by atoms with Gasteiger partial charge in [0.2, 0.25) is 5.88 Å². The topological polar surface area (TPSA) is 45.9 Å². The Morgan fingerprint density at radius 2 is 2.29 bits per heavy atom. The van der Waals surface area contributed by atoms with Crippen molar-refractivity contribution in [2.24, 2.45) is 0 Å². The Hall–Kier alpha value is -2.00. The van der Waals surface area contributed by atoms with Gasteiger partial charge in [-0.3, -0.25) is 0 Å². The van der Waals surface area contributed by atoms with E-state index in [1.54, 1.807) is 26.0 Å². The number of ether oxygens (including phenoxy) is 1. The minimum Gasteiger partial charge on any atom is -0.461 e. The van der Waals surface area contributed by atoms with Gasteiger partial charge < -0.3 is 4.74 Å². The van der Waals surface area contributed by atoms with E-state index < -0.39 is 0 Å². The molecule has 3 heteroatoms. The predicted molar refractivity (Wildman–Crippen MR) is 52.6 cm³/mol. The van der Waals surface area contributed by atoms with Crippen molar-refractivity contribution in [3.05, 3.63) is 23.4 Å². The second-order valence-electron chi connectivity index (χ2n) is 2.87. The van der Waals surface area contributed by atoms with Crippen LogP contribution in [0.25, 0.3) is 0 Å². The van der Waals surface area contributed by atoms with Gasteiger partial charge in [-0.25, -0.2) is 4.98 Å². The molecule has 0 aliphatic carbocycles. The van der Waals surface area contributed by atoms with Crippen molar-refractivity contribution >= 4 is 0 Å².